The zero-order chi connectivity index (χ0) is 22.9. The van der Waals surface area contributed by atoms with Gasteiger partial charge in [-0.25, -0.2) is 4.98 Å². The van der Waals surface area contributed by atoms with Crippen LogP contribution in [0, 0.1) is 0 Å². The van der Waals surface area contributed by atoms with E-state index in [2.05, 4.69) is 10.3 Å². The number of benzene rings is 2. The number of para-hydroxylation sites is 1. The number of hydrogen-bond acceptors (Lipinski definition) is 4. The number of likely N-dealkylation sites (N-methyl/N-ethyl adjacent to an activating group) is 1. The predicted octanol–water partition coefficient (Wildman–Crippen LogP) is 4.45. The summed E-state index contributed by atoms with van der Waals surface area (Å²) < 4.78 is 46.1. The third-order valence-corrected chi connectivity index (χ3v) is 6.12. The molecule has 1 saturated heterocycles. The molecule has 1 N–H and O–H groups in total. The van der Waals surface area contributed by atoms with Crippen molar-refractivity contribution < 1.29 is 22.7 Å². The lowest BCUT2D eigenvalue weighted by Crippen LogP contribution is -2.55. The van der Waals surface area contributed by atoms with E-state index in [1.807, 2.05) is 49.3 Å². The molecule has 2 heterocycles. The van der Waals surface area contributed by atoms with Crippen LogP contribution in [-0.4, -0.2) is 48.6 Å². The largest absolute Gasteiger partial charge is 0.433 e. The van der Waals surface area contributed by atoms with Gasteiger partial charge in [-0.05, 0) is 38.2 Å². The first kappa shape index (κ1) is 22.2. The van der Waals surface area contributed by atoms with E-state index < -0.39 is 29.4 Å². The van der Waals surface area contributed by atoms with Crippen molar-refractivity contribution >= 4 is 16.8 Å². The zero-order valence-electron chi connectivity index (χ0n) is 17.8. The van der Waals surface area contributed by atoms with Gasteiger partial charge in [0.1, 0.15) is 5.69 Å². The van der Waals surface area contributed by atoms with E-state index in [0.717, 1.165) is 11.6 Å². The van der Waals surface area contributed by atoms with Crippen molar-refractivity contribution in [3.63, 3.8) is 0 Å². The van der Waals surface area contributed by atoms with Crippen LogP contribution in [0.1, 0.15) is 34.1 Å². The summed E-state index contributed by atoms with van der Waals surface area (Å²) in [5.41, 5.74) is -0.710. The molecular formula is C24H24F3N3O2. The van der Waals surface area contributed by atoms with Gasteiger partial charge >= 0.3 is 6.18 Å². The SMILES string of the molecule is CN(C)C1(C(NC(=O)c2cc(C(F)(F)F)nc3ccccc23)c2ccccc2)CCOC1. The highest BCUT2D eigenvalue weighted by atomic mass is 19.4. The number of halogens is 3. The first-order valence-electron chi connectivity index (χ1n) is 10.3. The number of carbonyl (C=O) groups excluding carboxylic acids is 1. The number of pyridine rings is 1. The van der Waals surface area contributed by atoms with Gasteiger partial charge in [0.2, 0.25) is 0 Å². The van der Waals surface area contributed by atoms with E-state index in [9.17, 15) is 18.0 Å². The predicted molar refractivity (Wildman–Crippen MR) is 115 cm³/mol. The topological polar surface area (TPSA) is 54.5 Å². The van der Waals surface area contributed by atoms with Gasteiger partial charge in [-0.3, -0.25) is 9.69 Å². The average Bonchev–Trinajstić information content (AvgIpc) is 3.27. The van der Waals surface area contributed by atoms with Crippen LogP contribution in [0.15, 0.2) is 60.7 Å². The van der Waals surface area contributed by atoms with E-state index in [0.29, 0.717) is 25.0 Å². The van der Waals surface area contributed by atoms with Crippen LogP contribution >= 0.6 is 0 Å². The van der Waals surface area contributed by atoms with Crippen LogP contribution in [0.4, 0.5) is 13.2 Å². The Hall–Kier alpha value is -2.97. The van der Waals surface area contributed by atoms with E-state index in [-0.39, 0.29) is 11.1 Å². The summed E-state index contributed by atoms with van der Waals surface area (Å²) >= 11 is 0. The highest BCUT2D eigenvalue weighted by Gasteiger charge is 2.46. The molecule has 1 aliphatic rings. The molecule has 168 valence electrons. The summed E-state index contributed by atoms with van der Waals surface area (Å²) in [5, 5.41) is 3.40. The van der Waals surface area contributed by atoms with Gasteiger partial charge in [-0.15, -0.1) is 0 Å². The summed E-state index contributed by atoms with van der Waals surface area (Å²) in [5.74, 6) is -0.587. The fraction of sp³-hybridized carbons (Fsp3) is 0.333. The minimum absolute atomic E-state index is 0.0586. The molecule has 1 amide bonds. The van der Waals surface area contributed by atoms with Crippen LogP contribution in [0.3, 0.4) is 0 Å². The van der Waals surface area contributed by atoms with Crippen molar-refractivity contribution in [2.45, 2.75) is 24.2 Å². The second kappa shape index (κ2) is 8.52. The number of carbonyl (C=O) groups is 1. The maximum atomic E-state index is 13.5. The minimum Gasteiger partial charge on any atom is -0.379 e. The Balaban J connectivity index is 1.80. The quantitative estimate of drug-likeness (QED) is 0.633. The van der Waals surface area contributed by atoms with Gasteiger partial charge in [0.05, 0.1) is 29.3 Å². The zero-order valence-corrected chi connectivity index (χ0v) is 17.8. The number of ether oxygens (including phenoxy) is 1. The third-order valence-electron chi connectivity index (χ3n) is 6.12. The molecule has 4 rings (SSSR count). The van der Waals surface area contributed by atoms with Crippen molar-refractivity contribution in [2.24, 2.45) is 0 Å². The van der Waals surface area contributed by atoms with E-state index in [4.69, 9.17) is 4.74 Å². The first-order chi connectivity index (χ1) is 15.2. The van der Waals surface area contributed by atoms with Crippen molar-refractivity contribution in [1.82, 2.24) is 15.2 Å². The minimum atomic E-state index is -4.66. The van der Waals surface area contributed by atoms with E-state index in [1.54, 1.807) is 18.2 Å². The van der Waals surface area contributed by atoms with E-state index in [1.165, 1.54) is 6.07 Å². The molecule has 1 aliphatic heterocycles. The molecule has 5 nitrogen and oxygen atoms in total. The maximum Gasteiger partial charge on any atom is 0.433 e. The molecule has 3 aromatic rings. The average molecular weight is 443 g/mol. The Bertz CT molecular complexity index is 1110. The number of aromatic nitrogens is 1. The van der Waals surface area contributed by atoms with Crippen molar-refractivity contribution in [3.05, 3.63) is 77.5 Å². The second-order valence-corrected chi connectivity index (χ2v) is 8.19. The lowest BCUT2D eigenvalue weighted by molar-refractivity contribution is -0.140. The molecule has 0 spiro atoms. The first-order valence-corrected chi connectivity index (χ1v) is 10.3. The molecular weight excluding hydrogens is 419 g/mol. The Kier molecular flexibility index (Phi) is 5.92. The fourth-order valence-corrected chi connectivity index (χ4v) is 4.30. The third kappa shape index (κ3) is 4.08. The second-order valence-electron chi connectivity index (χ2n) is 8.19. The van der Waals surface area contributed by atoms with Crippen molar-refractivity contribution in [2.75, 3.05) is 27.3 Å². The molecule has 0 radical (unpaired) electrons. The highest BCUT2D eigenvalue weighted by Crippen LogP contribution is 2.38. The molecule has 1 aromatic heterocycles. The molecule has 2 atom stereocenters. The highest BCUT2D eigenvalue weighted by molar-refractivity contribution is 6.06. The monoisotopic (exact) mass is 443 g/mol. The molecule has 0 saturated carbocycles. The number of nitrogens with one attached hydrogen (secondary N) is 1. The summed E-state index contributed by atoms with van der Waals surface area (Å²) in [6.45, 7) is 0.929. The maximum absolute atomic E-state index is 13.5. The lowest BCUT2D eigenvalue weighted by Gasteiger charge is -2.42. The van der Waals surface area contributed by atoms with Gasteiger partial charge in [0.15, 0.2) is 0 Å². The van der Waals surface area contributed by atoms with Crippen molar-refractivity contribution in [3.8, 4) is 0 Å². The summed E-state index contributed by atoms with van der Waals surface area (Å²) in [4.78, 5) is 19.2. The van der Waals surface area contributed by atoms with Gasteiger partial charge in [0, 0.05) is 12.0 Å². The van der Waals surface area contributed by atoms with Crippen LogP contribution in [0.5, 0.6) is 0 Å². The molecule has 2 unspecified atom stereocenters. The van der Waals surface area contributed by atoms with Gasteiger partial charge in [0.25, 0.3) is 5.91 Å². The summed E-state index contributed by atoms with van der Waals surface area (Å²) in [7, 11) is 3.83. The molecule has 0 bridgehead atoms. The smallest absolute Gasteiger partial charge is 0.379 e. The Morgan fingerprint density at radius 1 is 1.12 bits per heavy atom. The molecule has 8 heteroatoms. The molecule has 1 fully saturated rings. The van der Waals surface area contributed by atoms with Crippen molar-refractivity contribution in [1.29, 1.82) is 0 Å². The Morgan fingerprint density at radius 2 is 1.81 bits per heavy atom. The Labute approximate surface area is 184 Å². The standard InChI is InChI=1S/C24H24F3N3O2/c1-30(2)23(12-13-32-15-23)21(16-8-4-3-5-9-16)29-22(31)18-14-20(24(25,26)27)28-19-11-7-6-10-17(18)19/h3-11,14,21H,12-13,15H2,1-2H3,(H,29,31). The van der Waals surface area contributed by atoms with Crippen LogP contribution in [0.25, 0.3) is 10.9 Å². The van der Waals surface area contributed by atoms with Gasteiger partial charge in [-0.2, -0.15) is 13.2 Å². The number of rotatable bonds is 5. The van der Waals surface area contributed by atoms with Crippen LogP contribution in [-0.2, 0) is 10.9 Å². The summed E-state index contributed by atoms with van der Waals surface area (Å²) in [6, 6.07) is 16.1. The van der Waals surface area contributed by atoms with Gasteiger partial charge in [-0.1, -0.05) is 48.5 Å². The van der Waals surface area contributed by atoms with Gasteiger partial charge < -0.3 is 10.1 Å². The number of nitrogens with zero attached hydrogens (tertiary/aromatic N) is 2. The van der Waals surface area contributed by atoms with Crippen LogP contribution in [0.2, 0.25) is 0 Å². The molecule has 32 heavy (non-hydrogen) atoms. The molecule has 2 aromatic carbocycles. The summed E-state index contributed by atoms with van der Waals surface area (Å²) in [6.07, 6.45) is -3.99. The fourth-order valence-electron chi connectivity index (χ4n) is 4.30. The molecule has 0 aliphatic carbocycles. The Morgan fingerprint density at radius 3 is 2.44 bits per heavy atom. The number of alkyl halides is 3. The number of hydrogen-bond donors (Lipinski definition) is 1. The number of amides is 1. The number of fused-ring (bicyclic) bond motifs is 1. The lowest BCUT2D eigenvalue weighted by atomic mass is 9.83. The normalized spacial score (nSPS) is 19.9. The van der Waals surface area contributed by atoms with Crippen LogP contribution < -0.4 is 5.32 Å². The van der Waals surface area contributed by atoms with E-state index >= 15 is 0 Å².